The number of carbonyl (C=O) groups excluding carboxylic acids is 2. The number of nitrogens with two attached hydrogens (primary N) is 4. The fourth-order valence-corrected chi connectivity index (χ4v) is 1.41. The summed E-state index contributed by atoms with van der Waals surface area (Å²) in [7, 11) is -3.14. The van der Waals surface area contributed by atoms with Gasteiger partial charge < -0.3 is 26.6 Å². The SMILES string of the molecule is NC(CCC(=O)NC(CS)C(=O)NCC(=O)O)C(=O)O.NP(N)(N)=O. The van der Waals surface area contributed by atoms with Crippen LogP contribution in [0.4, 0.5) is 0 Å². The lowest BCUT2D eigenvalue weighted by Crippen LogP contribution is -2.49. The third-order valence-electron chi connectivity index (χ3n) is 2.25. The predicted molar refractivity (Wildman–Crippen MR) is 91.4 cm³/mol. The second-order valence-corrected chi connectivity index (χ2v) is 6.55. The van der Waals surface area contributed by atoms with Crippen molar-refractivity contribution in [2.75, 3.05) is 12.3 Å². The van der Waals surface area contributed by atoms with E-state index in [9.17, 15) is 23.7 Å². The smallest absolute Gasteiger partial charge is 0.322 e. The maximum Gasteiger partial charge on any atom is 0.322 e. The van der Waals surface area contributed by atoms with Crippen LogP contribution in [0.15, 0.2) is 0 Å². The molecule has 0 bridgehead atoms. The molecule has 0 saturated carbocycles. The summed E-state index contributed by atoms with van der Waals surface area (Å²) in [5.41, 5.74) is 18.6. The van der Waals surface area contributed by atoms with Gasteiger partial charge in [0.25, 0.3) is 7.59 Å². The molecule has 0 aromatic rings. The van der Waals surface area contributed by atoms with Gasteiger partial charge in [0.05, 0.1) is 0 Å². The number of carboxylic acid groups (broad SMARTS) is 2. The van der Waals surface area contributed by atoms with Crippen molar-refractivity contribution in [1.29, 1.82) is 0 Å². The first kappa shape index (κ1) is 25.5. The lowest BCUT2D eigenvalue weighted by molar-refractivity contribution is -0.139. The molecule has 0 heterocycles. The van der Waals surface area contributed by atoms with Gasteiger partial charge in [0.2, 0.25) is 11.8 Å². The highest BCUT2D eigenvalue weighted by molar-refractivity contribution is 7.80. The van der Waals surface area contributed by atoms with E-state index in [2.05, 4.69) is 39.8 Å². The van der Waals surface area contributed by atoms with Gasteiger partial charge in [0, 0.05) is 12.2 Å². The largest absolute Gasteiger partial charge is 0.480 e. The maximum absolute atomic E-state index is 11.5. The monoisotopic (exact) mass is 402 g/mol. The van der Waals surface area contributed by atoms with Crippen molar-refractivity contribution in [2.24, 2.45) is 22.2 Å². The van der Waals surface area contributed by atoms with E-state index in [0.717, 1.165) is 0 Å². The zero-order valence-electron chi connectivity index (χ0n) is 13.1. The van der Waals surface area contributed by atoms with Gasteiger partial charge in [-0.25, -0.2) is 0 Å². The van der Waals surface area contributed by atoms with Crippen molar-refractivity contribution in [3.05, 3.63) is 0 Å². The third kappa shape index (κ3) is 18.5. The van der Waals surface area contributed by atoms with E-state index in [1.807, 2.05) is 0 Å². The Kier molecular flexibility index (Phi) is 12.9. The number of hydrogen-bond acceptors (Lipinski definition) is 7. The summed E-state index contributed by atoms with van der Waals surface area (Å²) < 4.78 is 9.55. The summed E-state index contributed by atoms with van der Waals surface area (Å²) in [4.78, 5) is 43.7. The Morgan fingerprint density at radius 1 is 1.12 bits per heavy atom. The van der Waals surface area contributed by atoms with Crippen LogP contribution in [0.2, 0.25) is 0 Å². The van der Waals surface area contributed by atoms with Crippen molar-refractivity contribution in [3.8, 4) is 0 Å². The van der Waals surface area contributed by atoms with E-state index in [-0.39, 0.29) is 18.6 Å². The Morgan fingerprint density at radius 2 is 1.60 bits per heavy atom. The molecule has 25 heavy (non-hydrogen) atoms. The van der Waals surface area contributed by atoms with Crippen LogP contribution < -0.4 is 32.9 Å². The second kappa shape index (κ2) is 12.6. The minimum absolute atomic E-state index is 0.0256. The third-order valence-corrected chi connectivity index (χ3v) is 2.61. The second-order valence-electron chi connectivity index (χ2n) is 4.66. The first-order valence-corrected chi connectivity index (χ1v) is 9.16. The minimum Gasteiger partial charge on any atom is -0.480 e. The van der Waals surface area contributed by atoms with Gasteiger partial charge in [0.1, 0.15) is 18.6 Å². The summed E-state index contributed by atoms with van der Waals surface area (Å²) in [6.45, 7) is -0.567. The zero-order chi connectivity index (χ0) is 20.2. The van der Waals surface area contributed by atoms with E-state index in [1.165, 1.54) is 0 Å². The first-order valence-electron chi connectivity index (χ1n) is 6.61. The Morgan fingerprint density at radius 3 is 1.96 bits per heavy atom. The number of thiol groups is 1. The number of carbonyl (C=O) groups is 4. The maximum atomic E-state index is 11.5. The minimum atomic E-state index is -3.14. The standard InChI is InChI=1S/C10H17N3O6S.H6N3OP/c11-5(10(18)19)1-2-7(14)13-6(4-20)9(17)12-3-8(15)16;1-5(2,3)4/h5-6,20H,1-4,11H2,(H,12,17)(H,13,14)(H,15,16)(H,18,19);(H6,1,2,3,4). The normalized spacial score (nSPS) is 12.8. The van der Waals surface area contributed by atoms with Crippen LogP contribution >= 0.6 is 20.2 Å². The number of rotatable bonds is 9. The van der Waals surface area contributed by atoms with E-state index in [0.29, 0.717) is 0 Å². The van der Waals surface area contributed by atoms with Gasteiger partial charge in [0.15, 0.2) is 0 Å². The predicted octanol–water partition coefficient (Wildman–Crippen LogP) is -3.24. The molecule has 0 rings (SSSR count). The number of carboxylic acids is 2. The van der Waals surface area contributed by atoms with Gasteiger partial charge in [-0.2, -0.15) is 12.6 Å². The van der Waals surface area contributed by atoms with Crippen LogP contribution in [-0.4, -0.2) is 58.3 Å². The molecule has 13 nitrogen and oxygen atoms in total. The molecule has 12 N–H and O–H groups in total. The van der Waals surface area contributed by atoms with E-state index in [4.69, 9.17) is 15.9 Å². The highest BCUT2D eigenvalue weighted by Crippen LogP contribution is 2.06. The molecule has 0 aromatic heterocycles. The van der Waals surface area contributed by atoms with Gasteiger partial charge in [-0.15, -0.1) is 0 Å². The Labute approximate surface area is 148 Å². The number of amides is 2. The van der Waals surface area contributed by atoms with Crippen LogP contribution in [0.3, 0.4) is 0 Å². The van der Waals surface area contributed by atoms with Gasteiger partial charge >= 0.3 is 11.9 Å². The molecular formula is C10H23N6O7PS. The van der Waals surface area contributed by atoms with Crippen LogP contribution in [0.1, 0.15) is 12.8 Å². The summed E-state index contributed by atoms with van der Waals surface area (Å²) >= 11 is 3.87. The molecule has 15 heteroatoms. The first-order chi connectivity index (χ1) is 11.3. The Bertz CT molecular complexity index is 520. The molecule has 2 atom stereocenters. The van der Waals surface area contributed by atoms with E-state index < -0.39 is 50.0 Å². The molecule has 2 amide bonds. The fraction of sp³-hybridized carbons (Fsp3) is 0.600. The average Bonchev–Trinajstić information content (AvgIpc) is 2.45. The molecule has 0 aliphatic heterocycles. The van der Waals surface area contributed by atoms with Crippen LogP contribution in [0, 0.1) is 0 Å². The van der Waals surface area contributed by atoms with Crippen molar-refractivity contribution in [2.45, 2.75) is 24.9 Å². The zero-order valence-corrected chi connectivity index (χ0v) is 14.9. The molecule has 0 aliphatic carbocycles. The quantitative estimate of drug-likeness (QED) is 0.137. The molecule has 2 unspecified atom stereocenters. The van der Waals surface area contributed by atoms with Crippen molar-refractivity contribution in [1.82, 2.24) is 10.6 Å². The molecule has 0 fully saturated rings. The summed E-state index contributed by atoms with van der Waals surface area (Å²) in [5.74, 6) is -3.70. The Balaban J connectivity index is 0. The highest BCUT2D eigenvalue weighted by atomic mass is 32.1. The van der Waals surface area contributed by atoms with Crippen molar-refractivity contribution >= 4 is 44.0 Å². The molecule has 146 valence electrons. The van der Waals surface area contributed by atoms with E-state index in [1.54, 1.807) is 0 Å². The van der Waals surface area contributed by atoms with Gasteiger partial charge in [-0.05, 0) is 6.42 Å². The molecule has 0 aromatic carbocycles. The van der Waals surface area contributed by atoms with Crippen LogP contribution in [-0.2, 0) is 23.7 Å². The molecule has 0 aliphatic rings. The molecule has 0 radical (unpaired) electrons. The Hall–Kier alpha value is -1.70. The number of nitrogens with one attached hydrogen (secondary N) is 2. The molecule has 0 spiro atoms. The lowest BCUT2D eigenvalue weighted by atomic mass is 10.1. The van der Waals surface area contributed by atoms with Crippen LogP contribution in [0.25, 0.3) is 0 Å². The number of hydrogen-bond donors (Lipinski definition) is 9. The summed E-state index contributed by atoms with van der Waals surface area (Å²) in [6.07, 6.45) is -0.235. The summed E-state index contributed by atoms with van der Waals surface area (Å²) in [5, 5.41) is 21.4. The van der Waals surface area contributed by atoms with E-state index >= 15 is 0 Å². The van der Waals surface area contributed by atoms with Gasteiger partial charge in [-0.1, -0.05) is 0 Å². The molecule has 0 saturated heterocycles. The van der Waals surface area contributed by atoms with Crippen molar-refractivity contribution in [3.63, 3.8) is 0 Å². The topological polar surface area (TPSA) is 254 Å². The van der Waals surface area contributed by atoms with Crippen molar-refractivity contribution < 1.29 is 34.0 Å². The van der Waals surface area contributed by atoms with Crippen LogP contribution in [0.5, 0.6) is 0 Å². The van der Waals surface area contributed by atoms with Gasteiger partial charge in [-0.3, -0.25) is 40.3 Å². The number of aliphatic carboxylic acids is 2. The highest BCUT2D eigenvalue weighted by Gasteiger charge is 2.20. The lowest BCUT2D eigenvalue weighted by Gasteiger charge is -2.16. The summed E-state index contributed by atoms with van der Waals surface area (Å²) in [6, 6.07) is -2.15. The average molecular weight is 402 g/mol. The molecular weight excluding hydrogens is 379 g/mol. The fourth-order valence-electron chi connectivity index (χ4n) is 1.16.